The molecule has 11 heteroatoms. The van der Waals surface area contributed by atoms with Crippen molar-refractivity contribution in [2.24, 2.45) is 0 Å². The van der Waals surface area contributed by atoms with Gasteiger partial charge in [0, 0.05) is 24.8 Å². The number of ether oxygens (including phenoxy) is 2. The number of hydrogen-bond acceptors (Lipinski definition) is 8. The zero-order valence-electron chi connectivity index (χ0n) is 17.7. The van der Waals surface area contributed by atoms with Crippen LogP contribution >= 0.6 is 11.3 Å². The average molecular weight is 475 g/mol. The number of nitrogens with zero attached hydrogens (tertiary/aromatic N) is 3. The van der Waals surface area contributed by atoms with Gasteiger partial charge in [-0.1, -0.05) is 29.5 Å². The minimum Gasteiger partial charge on any atom is -0.437 e. The molecule has 3 N–H and O–H groups in total. The van der Waals surface area contributed by atoms with Gasteiger partial charge in [0.15, 0.2) is 10.9 Å². The third-order valence-corrected chi connectivity index (χ3v) is 5.47. The van der Waals surface area contributed by atoms with Crippen molar-refractivity contribution in [3.8, 4) is 22.9 Å². The predicted molar refractivity (Wildman–Crippen MR) is 122 cm³/mol. The lowest BCUT2D eigenvalue weighted by molar-refractivity contribution is -0.137. The molecular formula is C22H20F3N5O2S. The Kier molecular flexibility index (Phi) is 6.34. The Hall–Kier alpha value is -3.44. The number of nitrogens with two attached hydrogens (primary N) is 1. The Bertz CT molecular complexity index is 1260. The minimum atomic E-state index is -4.42. The first-order valence-corrected chi connectivity index (χ1v) is 10.7. The van der Waals surface area contributed by atoms with E-state index in [1.165, 1.54) is 23.5 Å². The number of halogens is 3. The number of alkyl halides is 3. The quantitative estimate of drug-likeness (QED) is 0.360. The number of hydrogen-bond donors (Lipinski definition) is 2. The van der Waals surface area contributed by atoms with Gasteiger partial charge in [-0.15, -0.1) is 0 Å². The van der Waals surface area contributed by atoms with Crippen molar-refractivity contribution >= 4 is 32.6 Å². The summed E-state index contributed by atoms with van der Waals surface area (Å²) < 4.78 is 50.9. The number of nitrogens with one attached hydrogen (secondary N) is 1. The molecule has 4 aromatic rings. The highest BCUT2D eigenvalue weighted by atomic mass is 32.1. The number of anilines is 2. The van der Waals surface area contributed by atoms with Crippen molar-refractivity contribution in [2.45, 2.75) is 19.1 Å². The highest BCUT2D eigenvalue weighted by molar-refractivity contribution is 7.22. The van der Waals surface area contributed by atoms with E-state index in [0.717, 1.165) is 16.8 Å². The van der Waals surface area contributed by atoms with E-state index in [9.17, 15) is 13.2 Å². The molecule has 0 unspecified atom stereocenters. The van der Waals surface area contributed by atoms with Crippen molar-refractivity contribution in [2.75, 3.05) is 24.8 Å². The predicted octanol–water partition coefficient (Wildman–Crippen LogP) is 5.59. The monoisotopic (exact) mass is 475 g/mol. The Labute approximate surface area is 191 Å². The van der Waals surface area contributed by atoms with Crippen molar-refractivity contribution < 1.29 is 22.6 Å². The van der Waals surface area contributed by atoms with Crippen molar-refractivity contribution in [3.63, 3.8) is 0 Å². The average Bonchev–Trinajstić information content (AvgIpc) is 3.14. The molecule has 2 aromatic carbocycles. The summed E-state index contributed by atoms with van der Waals surface area (Å²) in [5.41, 5.74) is 6.56. The van der Waals surface area contributed by atoms with Gasteiger partial charge >= 0.3 is 6.18 Å². The minimum absolute atomic E-state index is 0.118. The number of methoxy groups -OCH3 is 1. The summed E-state index contributed by atoms with van der Waals surface area (Å²) in [4.78, 5) is 13.2. The molecule has 7 nitrogen and oxygen atoms in total. The molecule has 0 aliphatic rings. The number of aromatic nitrogens is 3. The smallest absolute Gasteiger partial charge is 0.416 e. The van der Waals surface area contributed by atoms with E-state index in [4.69, 9.17) is 15.2 Å². The summed E-state index contributed by atoms with van der Waals surface area (Å²) in [5, 5.41) is 3.52. The lowest BCUT2D eigenvalue weighted by Gasteiger charge is -2.15. The van der Waals surface area contributed by atoms with E-state index in [-0.39, 0.29) is 17.9 Å². The van der Waals surface area contributed by atoms with E-state index >= 15 is 0 Å². The summed E-state index contributed by atoms with van der Waals surface area (Å²) in [6.07, 6.45) is -4.42. The first-order chi connectivity index (χ1) is 15.7. The molecule has 0 saturated heterocycles. The molecule has 2 aromatic heterocycles. The zero-order valence-corrected chi connectivity index (χ0v) is 18.5. The van der Waals surface area contributed by atoms with Crippen LogP contribution in [0.25, 0.3) is 21.5 Å². The van der Waals surface area contributed by atoms with Crippen LogP contribution in [0.15, 0.2) is 48.5 Å². The van der Waals surface area contributed by atoms with Crippen LogP contribution in [0.4, 0.5) is 24.3 Å². The summed E-state index contributed by atoms with van der Waals surface area (Å²) >= 11 is 1.33. The van der Waals surface area contributed by atoms with Crippen LogP contribution in [0.3, 0.4) is 0 Å². The Morgan fingerprint density at radius 1 is 1.09 bits per heavy atom. The maximum atomic E-state index is 13.0. The molecule has 0 amide bonds. The molecule has 0 spiro atoms. The number of fused-ring (bicyclic) bond motifs is 1. The van der Waals surface area contributed by atoms with Gasteiger partial charge in [0.1, 0.15) is 5.52 Å². The van der Waals surface area contributed by atoms with E-state index in [1.54, 1.807) is 19.2 Å². The van der Waals surface area contributed by atoms with E-state index in [0.29, 0.717) is 34.3 Å². The molecule has 33 heavy (non-hydrogen) atoms. The maximum absolute atomic E-state index is 13.0. The third-order valence-electron chi connectivity index (χ3n) is 4.62. The Morgan fingerprint density at radius 2 is 1.85 bits per heavy atom. The SMILES string of the molecule is COC[C@H](C)Nc1nc(Oc2cccc3sc(N)nc23)cc(-c2ccc(C(F)(F)F)cc2)n1. The van der Waals surface area contributed by atoms with E-state index < -0.39 is 11.7 Å². The molecule has 0 bridgehead atoms. The molecule has 0 aliphatic heterocycles. The summed E-state index contributed by atoms with van der Waals surface area (Å²) in [5.74, 6) is 0.899. The second-order valence-electron chi connectivity index (χ2n) is 7.25. The van der Waals surface area contributed by atoms with Gasteiger partial charge in [-0.3, -0.25) is 0 Å². The largest absolute Gasteiger partial charge is 0.437 e. The van der Waals surface area contributed by atoms with Crippen LogP contribution in [-0.2, 0) is 10.9 Å². The number of benzene rings is 2. The first kappa shape index (κ1) is 22.7. The molecule has 0 saturated carbocycles. The molecule has 0 radical (unpaired) electrons. The van der Waals surface area contributed by atoms with Crippen molar-refractivity contribution in [1.82, 2.24) is 15.0 Å². The molecule has 172 valence electrons. The number of thiazole rings is 1. The fraction of sp³-hybridized carbons (Fsp3) is 0.227. The summed E-state index contributed by atoms with van der Waals surface area (Å²) in [6.45, 7) is 2.29. The first-order valence-electron chi connectivity index (χ1n) is 9.88. The number of rotatable bonds is 7. The summed E-state index contributed by atoms with van der Waals surface area (Å²) in [6, 6.07) is 11.6. The van der Waals surface area contributed by atoms with Gasteiger partial charge in [0.25, 0.3) is 0 Å². The van der Waals surface area contributed by atoms with Gasteiger partial charge in [-0.05, 0) is 31.2 Å². The lowest BCUT2D eigenvalue weighted by atomic mass is 10.1. The van der Waals surface area contributed by atoms with Gasteiger partial charge in [0.2, 0.25) is 11.8 Å². The van der Waals surface area contributed by atoms with Crippen molar-refractivity contribution in [3.05, 3.63) is 54.1 Å². The van der Waals surface area contributed by atoms with Gasteiger partial charge in [0.05, 0.1) is 22.6 Å². The zero-order chi connectivity index (χ0) is 23.6. The van der Waals surface area contributed by atoms with Gasteiger partial charge < -0.3 is 20.5 Å². The molecule has 1 atom stereocenters. The standard InChI is InChI=1S/C22H20F3N5O2S/c1-12(11-31-2)27-21-28-15(13-6-8-14(9-7-13)22(23,24)25)10-18(29-21)32-16-4-3-5-17-19(16)30-20(26)33-17/h3-10,12H,11H2,1-2H3,(H2,26,30)(H,27,28,29)/t12-/m0/s1. The van der Waals surface area contributed by atoms with Crippen LogP contribution in [0, 0.1) is 0 Å². The molecule has 2 heterocycles. The van der Waals surface area contributed by atoms with Crippen molar-refractivity contribution in [1.29, 1.82) is 0 Å². The number of para-hydroxylation sites is 1. The lowest BCUT2D eigenvalue weighted by Crippen LogP contribution is -2.22. The second-order valence-corrected chi connectivity index (χ2v) is 8.31. The Balaban J connectivity index is 1.72. The molecule has 4 rings (SSSR count). The fourth-order valence-corrected chi connectivity index (χ4v) is 3.92. The molecular weight excluding hydrogens is 455 g/mol. The molecule has 0 fully saturated rings. The normalized spacial score (nSPS) is 12.6. The molecule has 0 aliphatic carbocycles. The van der Waals surface area contributed by atoms with E-state index in [2.05, 4.69) is 20.3 Å². The van der Waals surface area contributed by atoms with Crippen LogP contribution in [0.2, 0.25) is 0 Å². The van der Waals surface area contributed by atoms with E-state index in [1.807, 2.05) is 19.1 Å². The maximum Gasteiger partial charge on any atom is 0.416 e. The Morgan fingerprint density at radius 3 is 2.55 bits per heavy atom. The third kappa shape index (κ3) is 5.32. The fourth-order valence-electron chi connectivity index (χ4n) is 3.17. The van der Waals surface area contributed by atoms with Crippen LogP contribution < -0.4 is 15.8 Å². The topological polar surface area (TPSA) is 95.2 Å². The van der Waals surface area contributed by atoms with Gasteiger partial charge in [-0.25, -0.2) is 9.97 Å². The van der Waals surface area contributed by atoms with Gasteiger partial charge in [-0.2, -0.15) is 18.2 Å². The highest BCUT2D eigenvalue weighted by Crippen LogP contribution is 2.35. The number of nitrogen functional groups attached to an aromatic ring is 1. The summed E-state index contributed by atoms with van der Waals surface area (Å²) in [7, 11) is 1.58. The van der Waals surface area contributed by atoms with Crippen LogP contribution in [0.1, 0.15) is 12.5 Å². The second kappa shape index (κ2) is 9.20. The van der Waals surface area contributed by atoms with Crippen LogP contribution in [-0.4, -0.2) is 34.7 Å². The van der Waals surface area contributed by atoms with Crippen LogP contribution in [0.5, 0.6) is 11.6 Å². The highest BCUT2D eigenvalue weighted by Gasteiger charge is 2.30.